The summed E-state index contributed by atoms with van der Waals surface area (Å²) in [7, 11) is 0. The molecular formula is C19H28. The Bertz CT molecular complexity index is 453. The first-order valence-corrected chi connectivity index (χ1v) is 8.54. The van der Waals surface area contributed by atoms with Gasteiger partial charge in [0.25, 0.3) is 0 Å². The molecule has 0 aromatic heterocycles. The smallest absolute Gasteiger partial charge is 0.0108 e. The highest BCUT2D eigenvalue weighted by Crippen LogP contribution is 2.60. The molecule has 0 aliphatic heterocycles. The van der Waals surface area contributed by atoms with Gasteiger partial charge in [0.2, 0.25) is 0 Å². The summed E-state index contributed by atoms with van der Waals surface area (Å²) in [6, 6.07) is 0. The van der Waals surface area contributed by atoms with Crippen LogP contribution in [0.4, 0.5) is 0 Å². The summed E-state index contributed by atoms with van der Waals surface area (Å²) in [5.41, 5.74) is 6.09. The lowest BCUT2D eigenvalue weighted by Gasteiger charge is -2.50. The second-order valence-electron chi connectivity index (χ2n) is 8.06. The van der Waals surface area contributed by atoms with Crippen LogP contribution in [0.15, 0.2) is 22.8 Å². The molecule has 4 unspecified atom stereocenters. The van der Waals surface area contributed by atoms with Crippen LogP contribution in [0.2, 0.25) is 0 Å². The topological polar surface area (TPSA) is 0 Å². The van der Waals surface area contributed by atoms with Gasteiger partial charge in [0.05, 0.1) is 0 Å². The first kappa shape index (κ1) is 12.2. The molecule has 4 atom stereocenters. The average molecular weight is 256 g/mol. The van der Waals surface area contributed by atoms with Crippen LogP contribution in [-0.4, -0.2) is 0 Å². The first-order chi connectivity index (χ1) is 9.17. The summed E-state index contributed by atoms with van der Waals surface area (Å²) in [6.07, 6.45) is 15.6. The highest BCUT2D eigenvalue weighted by Gasteiger charge is 2.50. The van der Waals surface area contributed by atoms with Crippen LogP contribution in [0.1, 0.15) is 71.6 Å². The highest BCUT2D eigenvalue weighted by molar-refractivity contribution is 5.33. The molecule has 0 heterocycles. The molecule has 0 saturated heterocycles. The van der Waals surface area contributed by atoms with Crippen molar-refractivity contribution in [3.63, 3.8) is 0 Å². The fourth-order valence-corrected chi connectivity index (χ4v) is 6.07. The molecule has 0 bridgehead atoms. The highest BCUT2D eigenvalue weighted by atomic mass is 14.5. The molecule has 0 radical (unpaired) electrons. The normalized spacial score (nSPS) is 45.4. The van der Waals surface area contributed by atoms with Crippen molar-refractivity contribution in [3.8, 4) is 0 Å². The van der Waals surface area contributed by atoms with E-state index in [1.54, 1.807) is 5.57 Å². The third kappa shape index (κ3) is 1.78. The SMILES string of the molecule is CC1=CCC2=C(CCC3C2CCC2(C)CCCC32)C1. The Kier molecular flexibility index (Phi) is 2.73. The summed E-state index contributed by atoms with van der Waals surface area (Å²) in [5.74, 6) is 3.09. The molecule has 0 nitrogen and oxygen atoms in total. The van der Waals surface area contributed by atoms with Crippen LogP contribution in [-0.2, 0) is 0 Å². The lowest BCUT2D eigenvalue weighted by atomic mass is 9.55. The molecule has 0 aromatic carbocycles. The number of hydrogen-bond acceptors (Lipinski definition) is 0. The van der Waals surface area contributed by atoms with Gasteiger partial charge in [-0.3, -0.25) is 0 Å². The zero-order valence-corrected chi connectivity index (χ0v) is 12.7. The van der Waals surface area contributed by atoms with Crippen LogP contribution in [0.5, 0.6) is 0 Å². The van der Waals surface area contributed by atoms with Crippen LogP contribution in [0, 0.1) is 23.2 Å². The van der Waals surface area contributed by atoms with Crippen molar-refractivity contribution in [1.82, 2.24) is 0 Å². The fourth-order valence-electron chi connectivity index (χ4n) is 6.07. The number of hydrogen-bond donors (Lipinski definition) is 0. The second-order valence-corrected chi connectivity index (χ2v) is 8.06. The fraction of sp³-hybridized carbons (Fsp3) is 0.789. The van der Waals surface area contributed by atoms with Gasteiger partial charge in [-0.15, -0.1) is 0 Å². The van der Waals surface area contributed by atoms with Crippen molar-refractivity contribution in [1.29, 1.82) is 0 Å². The second kappa shape index (κ2) is 4.24. The maximum atomic E-state index is 2.61. The first-order valence-electron chi connectivity index (χ1n) is 8.54. The Hall–Kier alpha value is -0.520. The van der Waals surface area contributed by atoms with Gasteiger partial charge < -0.3 is 0 Å². The molecule has 19 heavy (non-hydrogen) atoms. The summed E-state index contributed by atoms with van der Waals surface area (Å²) in [4.78, 5) is 0. The monoisotopic (exact) mass is 256 g/mol. The molecule has 0 heteroatoms. The minimum Gasteiger partial charge on any atom is -0.0812 e. The van der Waals surface area contributed by atoms with E-state index in [2.05, 4.69) is 19.9 Å². The van der Waals surface area contributed by atoms with Crippen LogP contribution < -0.4 is 0 Å². The predicted molar refractivity (Wildman–Crippen MR) is 80.9 cm³/mol. The third-order valence-electron chi connectivity index (χ3n) is 7.06. The molecule has 2 saturated carbocycles. The summed E-state index contributed by atoms with van der Waals surface area (Å²) in [5, 5.41) is 0. The maximum Gasteiger partial charge on any atom is -0.0108 e. The molecule has 4 aliphatic carbocycles. The molecule has 104 valence electrons. The Morgan fingerprint density at radius 1 is 1.16 bits per heavy atom. The minimum absolute atomic E-state index is 0.722. The lowest BCUT2D eigenvalue weighted by molar-refractivity contribution is 0.0427. The Morgan fingerprint density at radius 3 is 2.95 bits per heavy atom. The van der Waals surface area contributed by atoms with Gasteiger partial charge in [-0.05, 0) is 81.5 Å². The van der Waals surface area contributed by atoms with Gasteiger partial charge in [-0.2, -0.15) is 0 Å². The van der Waals surface area contributed by atoms with E-state index in [0.717, 1.165) is 23.2 Å². The van der Waals surface area contributed by atoms with Gasteiger partial charge in [-0.25, -0.2) is 0 Å². The molecule has 4 aliphatic rings. The van der Waals surface area contributed by atoms with Gasteiger partial charge in [-0.1, -0.05) is 36.1 Å². The molecule has 0 amide bonds. The van der Waals surface area contributed by atoms with E-state index in [0.29, 0.717) is 0 Å². The number of rotatable bonds is 0. The molecule has 0 spiro atoms. The largest absolute Gasteiger partial charge is 0.0812 e. The van der Waals surface area contributed by atoms with E-state index in [1.165, 1.54) is 57.8 Å². The molecule has 0 N–H and O–H groups in total. The molecule has 4 rings (SSSR count). The van der Waals surface area contributed by atoms with E-state index in [-0.39, 0.29) is 0 Å². The van der Waals surface area contributed by atoms with Crippen molar-refractivity contribution < 1.29 is 0 Å². The summed E-state index contributed by atoms with van der Waals surface area (Å²) >= 11 is 0. The molecule has 0 aromatic rings. The lowest BCUT2D eigenvalue weighted by Crippen LogP contribution is -2.41. The van der Waals surface area contributed by atoms with Gasteiger partial charge >= 0.3 is 0 Å². The summed E-state index contributed by atoms with van der Waals surface area (Å²) < 4.78 is 0. The van der Waals surface area contributed by atoms with Gasteiger partial charge in [0.1, 0.15) is 0 Å². The summed E-state index contributed by atoms with van der Waals surface area (Å²) in [6.45, 7) is 4.93. The van der Waals surface area contributed by atoms with E-state index in [9.17, 15) is 0 Å². The van der Waals surface area contributed by atoms with Crippen molar-refractivity contribution in [2.45, 2.75) is 71.6 Å². The Morgan fingerprint density at radius 2 is 2.05 bits per heavy atom. The van der Waals surface area contributed by atoms with Gasteiger partial charge in [0, 0.05) is 0 Å². The van der Waals surface area contributed by atoms with Gasteiger partial charge in [0.15, 0.2) is 0 Å². The van der Waals surface area contributed by atoms with Crippen molar-refractivity contribution in [2.24, 2.45) is 23.2 Å². The zero-order chi connectivity index (χ0) is 13.0. The minimum atomic E-state index is 0.722. The number of fused-ring (bicyclic) bond motifs is 4. The van der Waals surface area contributed by atoms with Crippen LogP contribution in [0.3, 0.4) is 0 Å². The predicted octanol–water partition coefficient (Wildman–Crippen LogP) is 5.65. The Balaban J connectivity index is 1.64. The van der Waals surface area contributed by atoms with Crippen LogP contribution in [0.25, 0.3) is 0 Å². The molecule has 2 fully saturated rings. The Labute approximate surface area is 118 Å². The van der Waals surface area contributed by atoms with E-state index in [1.807, 2.05) is 11.1 Å². The number of allylic oxidation sites excluding steroid dienone is 4. The standard InChI is InChI=1S/C19H28/c1-13-5-7-15-14(12-13)6-8-17-16(15)9-11-19(2)10-3-4-18(17)19/h5,16-18H,3-4,6-12H2,1-2H3. The van der Waals surface area contributed by atoms with Crippen molar-refractivity contribution in [2.75, 3.05) is 0 Å². The third-order valence-corrected chi connectivity index (χ3v) is 7.06. The van der Waals surface area contributed by atoms with E-state index < -0.39 is 0 Å². The van der Waals surface area contributed by atoms with E-state index >= 15 is 0 Å². The van der Waals surface area contributed by atoms with Crippen molar-refractivity contribution >= 4 is 0 Å². The molecular weight excluding hydrogens is 228 g/mol. The van der Waals surface area contributed by atoms with Crippen molar-refractivity contribution in [3.05, 3.63) is 22.8 Å². The van der Waals surface area contributed by atoms with E-state index in [4.69, 9.17) is 0 Å². The maximum absolute atomic E-state index is 2.61. The quantitative estimate of drug-likeness (QED) is 0.491. The zero-order valence-electron chi connectivity index (χ0n) is 12.7. The van der Waals surface area contributed by atoms with Crippen LogP contribution >= 0.6 is 0 Å². The average Bonchev–Trinajstić information content (AvgIpc) is 2.79.